The Bertz CT molecular complexity index is 395. The van der Waals surface area contributed by atoms with E-state index in [9.17, 15) is 0 Å². The van der Waals surface area contributed by atoms with Crippen LogP contribution in [-0.4, -0.2) is 9.97 Å². The lowest BCUT2D eigenvalue weighted by Gasteiger charge is -2.02. The highest BCUT2D eigenvalue weighted by Crippen LogP contribution is 2.11. The molecule has 0 aliphatic heterocycles. The fraction of sp³-hybridized carbons (Fsp3) is 0.333. The van der Waals surface area contributed by atoms with Gasteiger partial charge in [0, 0.05) is 0 Å². The van der Waals surface area contributed by atoms with Gasteiger partial charge in [-0.25, -0.2) is 9.97 Å². The van der Waals surface area contributed by atoms with Crippen molar-refractivity contribution in [2.24, 2.45) is 0 Å². The van der Waals surface area contributed by atoms with E-state index in [1.807, 2.05) is 26.0 Å². The van der Waals surface area contributed by atoms with E-state index in [2.05, 4.69) is 9.97 Å². The molecule has 13 heavy (non-hydrogen) atoms. The van der Waals surface area contributed by atoms with E-state index < -0.39 is 0 Å². The summed E-state index contributed by atoms with van der Waals surface area (Å²) in [5, 5.41) is 17.2. The van der Waals surface area contributed by atoms with Gasteiger partial charge in [0.25, 0.3) is 0 Å². The van der Waals surface area contributed by atoms with Gasteiger partial charge in [-0.3, -0.25) is 0 Å². The SMILES string of the molecule is CC(C)c1cnc(C#N)c(C#N)n1. The molecule has 0 saturated carbocycles. The molecule has 0 saturated heterocycles. The van der Waals surface area contributed by atoms with E-state index in [0.29, 0.717) is 0 Å². The van der Waals surface area contributed by atoms with E-state index >= 15 is 0 Å². The number of hydrogen-bond acceptors (Lipinski definition) is 4. The molecule has 1 heterocycles. The first-order valence-electron chi connectivity index (χ1n) is 3.86. The molecule has 0 N–H and O–H groups in total. The quantitative estimate of drug-likeness (QED) is 0.640. The lowest BCUT2D eigenvalue weighted by molar-refractivity contribution is 0.806. The first-order valence-corrected chi connectivity index (χ1v) is 3.86. The van der Waals surface area contributed by atoms with Gasteiger partial charge < -0.3 is 0 Å². The molecule has 4 nitrogen and oxygen atoms in total. The van der Waals surface area contributed by atoms with E-state index in [1.165, 1.54) is 6.20 Å². The summed E-state index contributed by atoms with van der Waals surface area (Å²) in [4.78, 5) is 7.86. The van der Waals surface area contributed by atoms with Crippen molar-refractivity contribution in [3.63, 3.8) is 0 Å². The molecule has 0 amide bonds. The summed E-state index contributed by atoms with van der Waals surface area (Å²) >= 11 is 0. The number of nitrogens with zero attached hydrogens (tertiary/aromatic N) is 4. The van der Waals surface area contributed by atoms with Crippen molar-refractivity contribution in [3.8, 4) is 12.1 Å². The third kappa shape index (κ3) is 1.80. The van der Waals surface area contributed by atoms with Gasteiger partial charge in [0.1, 0.15) is 12.1 Å². The van der Waals surface area contributed by atoms with Gasteiger partial charge in [-0.05, 0) is 5.92 Å². The monoisotopic (exact) mass is 172 g/mol. The molecule has 0 aliphatic carbocycles. The number of rotatable bonds is 1. The fourth-order valence-corrected chi connectivity index (χ4v) is 0.841. The second-order valence-electron chi connectivity index (χ2n) is 2.87. The minimum atomic E-state index is 0.0897. The molecule has 0 spiro atoms. The predicted molar refractivity (Wildman–Crippen MR) is 45.6 cm³/mol. The number of aromatic nitrogens is 2. The normalized spacial score (nSPS) is 9.31. The van der Waals surface area contributed by atoms with Gasteiger partial charge in [-0.2, -0.15) is 10.5 Å². The van der Waals surface area contributed by atoms with Crippen molar-refractivity contribution in [2.45, 2.75) is 19.8 Å². The Morgan fingerprint density at radius 3 is 2.31 bits per heavy atom. The van der Waals surface area contributed by atoms with Gasteiger partial charge in [-0.15, -0.1) is 0 Å². The van der Waals surface area contributed by atoms with Gasteiger partial charge in [0.15, 0.2) is 11.4 Å². The minimum absolute atomic E-state index is 0.0897. The van der Waals surface area contributed by atoms with Crippen LogP contribution in [0.4, 0.5) is 0 Å². The lowest BCUT2D eigenvalue weighted by Crippen LogP contribution is -2.00. The molecular weight excluding hydrogens is 164 g/mol. The molecule has 1 aromatic heterocycles. The van der Waals surface area contributed by atoms with Crippen LogP contribution in [-0.2, 0) is 0 Å². The molecule has 0 unspecified atom stereocenters. The zero-order chi connectivity index (χ0) is 9.84. The molecule has 0 bridgehead atoms. The molecule has 64 valence electrons. The van der Waals surface area contributed by atoms with Crippen LogP contribution in [0, 0.1) is 22.7 Å². The number of nitriles is 2. The molecule has 0 atom stereocenters. The van der Waals surface area contributed by atoms with E-state index in [4.69, 9.17) is 10.5 Å². The maximum absolute atomic E-state index is 8.65. The van der Waals surface area contributed by atoms with Crippen LogP contribution < -0.4 is 0 Å². The smallest absolute Gasteiger partial charge is 0.177 e. The zero-order valence-electron chi connectivity index (χ0n) is 7.44. The predicted octanol–water partition coefficient (Wildman–Crippen LogP) is 1.34. The summed E-state index contributed by atoms with van der Waals surface area (Å²) in [6, 6.07) is 3.66. The Balaban J connectivity index is 3.25. The van der Waals surface area contributed by atoms with Gasteiger partial charge >= 0.3 is 0 Å². The average Bonchev–Trinajstić information content (AvgIpc) is 2.16. The molecular formula is C9H8N4. The largest absolute Gasteiger partial charge is 0.241 e. The lowest BCUT2D eigenvalue weighted by atomic mass is 10.1. The minimum Gasteiger partial charge on any atom is -0.241 e. The summed E-state index contributed by atoms with van der Waals surface area (Å²) in [5.74, 6) is 0.215. The molecule has 1 rings (SSSR count). The van der Waals surface area contributed by atoms with E-state index in [1.54, 1.807) is 0 Å². The second-order valence-corrected chi connectivity index (χ2v) is 2.87. The van der Waals surface area contributed by atoms with E-state index in [-0.39, 0.29) is 17.3 Å². The van der Waals surface area contributed by atoms with E-state index in [0.717, 1.165) is 5.69 Å². The van der Waals surface area contributed by atoms with Crippen molar-refractivity contribution >= 4 is 0 Å². The topological polar surface area (TPSA) is 73.4 Å². The molecule has 0 aliphatic rings. The van der Waals surface area contributed by atoms with Crippen LogP contribution >= 0.6 is 0 Å². The highest BCUT2D eigenvalue weighted by molar-refractivity contribution is 5.35. The Kier molecular flexibility index (Phi) is 2.56. The van der Waals surface area contributed by atoms with Gasteiger partial charge in [0.05, 0.1) is 11.9 Å². The summed E-state index contributed by atoms with van der Waals surface area (Å²) < 4.78 is 0. The van der Waals surface area contributed by atoms with Gasteiger partial charge in [0.2, 0.25) is 0 Å². The van der Waals surface area contributed by atoms with Crippen molar-refractivity contribution in [1.29, 1.82) is 10.5 Å². The van der Waals surface area contributed by atoms with Gasteiger partial charge in [-0.1, -0.05) is 13.8 Å². The Morgan fingerprint density at radius 2 is 1.85 bits per heavy atom. The third-order valence-electron chi connectivity index (χ3n) is 1.59. The Morgan fingerprint density at radius 1 is 1.23 bits per heavy atom. The maximum atomic E-state index is 8.65. The second kappa shape index (κ2) is 3.64. The van der Waals surface area contributed by atoms with Crippen LogP contribution in [0.3, 0.4) is 0 Å². The molecule has 0 aromatic carbocycles. The first kappa shape index (κ1) is 9.15. The highest BCUT2D eigenvalue weighted by Gasteiger charge is 2.08. The first-order chi connectivity index (χ1) is 6.19. The highest BCUT2D eigenvalue weighted by atomic mass is 14.8. The van der Waals surface area contributed by atoms with Crippen molar-refractivity contribution < 1.29 is 0 Å². The van der Waals surface area contributed by atoms with Crippen LogP contribution in [0.25, 0.3) is 0 Å². The summed E-state index contributed by atoms with van der Waals surface area (Å²) in [6.45, 7) is 3.91. The summed E-state index contributed by atoms with van der Waals surface area (Å²) in [5.41, 5.74) is 0.927. The molecule has 4 heteroatoms. The maximum Gasteiger partial charge on any atom is 0.177 e. The number of hydrogen-bond donors (Lipinski definition) is 0. The Labute approximate surface area is 76.5 Å². The zero-order valence-corrected chi connectivity index (χ0v) is 7.44. The van der Waals surface area contributed by atoms with Crippen molar-refractivity contribution in [2.75, 3.05) is 0 Å². The molecule has 0 fully saturated rings. The van der Waals surface area contributed by atoms with Crippen molar-refractivity contribution in [1.82, 2.24) is 9.97 Å². The Hall–Kier alpha value is -1.94. The fourth-order valence-electron chi connectivity index (χ4n) is 0.841. The van der Waals surface area contributed by atoms with Crippen LogP contribution in [0.2, 0.25) is 0 Å². The average molecular weight is 172 g/mol. The molecule has 1 aromatic rings. The summed E-state index contributed by atoms with van der Waals surface area (Å²) in [7, 11) is 0. The van der Waals surface area contributed by atoms with Crippen LogP contribution in [0.15, 0.2) is 6.20 Å². The standard InChI is InChI=1S/C9H8N4/c1-6(2)9-5-12-7(3-10)8(4-11)13-9/h5-6H,1-2H3. The molecule has 0 radical (unpaired) electrons. The third-order valence-corrected chi connectivity index (χ3v) is 1.59. The van der Waals surface area contributed by atoms with Crippen molar-refractivity contribution in [3.05, 3.63) is 23.3 Å². The summed E-state index contributed by atoms with van der Waals surface area (Å²) in [6.07, 6.45) is 1.53. The van der Waals surface area contributed by atoms with Crippen LogP contribution in [0.5, 0.6) is 0 Å². The van der Waals surface area contributed by atoms with Crippen LogP contribution in [0.1, 0.15) is 36.8 Å².